The van der Waals surface area contributed by atoms with Gasteiger partial charge >= 0.3 is 0 Å². The Bertz CT molecular complexity index is 2920. The van der Waals surface area contributed by atoms with Crippen LogP contribution in [0.3, 0.4) is 0 Å². The topological polar surface area (TPSA) is 48.8 Å². The Kier molecular flexibility index (Phi) is 5.26. The van der Waals surface area contributed by atoms with E-state index < -0.39 is 0 Å². The first-order valence-electron chi connectivity index (χ1n) is 16.0. The van der Waals surface area contributed by atoms with Crippen LogP contribution in [0, 0.1) is 0 Å². The van der Waals surface area contributed by atoms with Gasteiger partial charge in [-0.15, -0.1) is 0 Å². The van der Waals surface area contributed by atoms with Gasteiger partial charge in [-0.2, -0.15) is 0 Å². The molecule has 1 aliphatic heterocycles. The Morgan fingerprint density at radius 1 is 0.562 bits per heavy atom. The van der Waals surface area contributed by atoms with Gasteiger partial charge in [0.05, 0.1) is 16.7 Å². The molecule has 0 N–H and O–H groups in total. The summed E-state index contributed by atoms with van der Waals surface area (Å²) in [7, 11) is 0. The highest BCUT2D eigenvalue weighted by Crippen LogP contribution is 2.50. The molecule has 0 bridgehead atoms. The highest BCUT2D eigenvalue weighted by atomic mass is 32.2. The summed E-state index contributed by atoms with van der Waals surface area (Å²) in [5.41, 5.74) is 10.9. The summed E-state index contributed by atoms with van der Waals surface area (Å²) in [6.07, 6.45) is 0. The van der Waals surface area contributed by atoms with Gasteiger partial charge in [-0.05, 0) is 48.5 Å². The van der Waals surface area contributed by atoms with E-state index >= 15 is 0 Å². The SMILES string of the molecule is c1ccc(-c2nc(-c3cccc4c3c3c5cccc6c5n(c3n4-c3ccccc3)-c3ccccc3S6)nc3c2oc2ccccc23)cc1. The lowest BCUT2D eigenvalue weighted by Crippen LogP contribution is -2.05. The van der Waals surface area contributed by atoms with E-state index in [1.807, 2.05) is 48.2 Å². The third-order valence-electron chi connectivity index (χ3n) is 9.52. The molecule has 6 heteroatoms. The zero-order valence-electron chi connectivity index (χ0n) is 25.5. The molecule has 1 aliphatic rings. The molecule has 10 aromatic rings. The average molecular weight is 633 g/mol. The predicted molar refractivity (Wildman–Crippen MR) is 195 cm³/mol. The molecule has 48 heavy (non-hydrogen) atoms. The van der Waals surface area contributed by atoms with Crippen LogP contribution in [0.5, 0.6) is 0 Å². The minimum atomic E-state index is 0.673. The normalized spacial score (nSPS) is 12.5. The molecular formula is C42H24N4OS. The molecule has 0 spiro atoms. The van der Waals surface area contributed by atoms with Gasteiger partial charge < -0.3 is 4.42 Å². The molecule has 0 amide bonds. The lowest BCUT2D eigenvalue weighted by molar-refractivity contribution is 0.667. The van der Waals surface area contributed by atoms with Crippen molar-refractivity contribution in [3.05, 3.63) is 146 Å². The number of furan rings is 1. The molecule has 0 fully saturated rings. The number of rotatable bonds is 3. The van der Waals surface area contributed by atoms with E-state index in [1.165, 1.54) is 31.8 Å². The lowest BCUT2D eigenvalue weighted by Gasteiger charge is -2.21. The molecule has 0 saturated heterocycles. The summed E-state index contributed by atoms with van der Waals surface area (Å²) in [6, 6.07) is 51.0. The largest absolute Gasteiger partial charge is 0.452 e. The van der Waals surface area contributed by atoms with Crippen LogP contribution in [-0.2, 0) is 0 Å². The van der Waals surface area contributed by atoms with Crippen LogP contribution < -0.4 is 0 Å². The summed E-state index contributed by atoms with van der Waals surface area (Å²) >= 11 is 1.84. The Labute approximate surface area is 278 Å². The van der Waals surface area contributed by atoms with E-state index in [-0.39, 0.29) is 0 Å². The van der Waals surface area contributed by atoms with Crippen molar-refractivity contribution in [2.24, 2.45) is 0 Å². The molecule has 0 saturated carbocycles. The van der Waals surface area contributed by atoms with E-state index in [0.717, 1.165) is 55.5 Å². The summed E-state index contributed by atoms with van der Waals surface area (Å²) < 4.78 is 11.3. The number of para-hydroxylation sites is 4. The van der Waals surface area contributed by atoms with Crippen LogP contribution in [0.1, 0.15) is 0 Å². The molecule has 6 aromatic carbocycles. The second kappa shape index (κ2) is 9.70. The number of hydrogen-bond acceptors (Lipinski definition) is 4. The standard InChI is InChI=1S/C42H24N4OS/c1-3-13-25(14-4-1)37-40-38(27-17-7-9-22-32(27)47-40)44-41(43-37)29-19-11-21-31-35(29)36-28-18-12-24-34-39(28)46(30-20-8-10-23-33(30)48-34)42(36)45(31)26-15-5-2-6-16-26/h1-24H. The van der Waals surface area contributed by atoms with Gasteiger partial charge in [-0.3, -0.25) is 9.13 Å². The van der Waals surface area contributed by atoms with Gasteiger partial charge in [0, 0.05) is 48.2 Å². The quantitative estimate of drug-likeness (QED) is 0.194. The van der Waals surface area contributed by atoms with E-state index in [0.29, 0.717) is 11.4 Å². The summed E-state index contributed by atoms with van der Waals surface area (Å²) in [5.74, 6) is 0.673. The Morgan fingerprint density at radius 2 is 1.29 bits per heavy atom. The lowest BCUT2D eigenvalue weighted by atomic mass is 10.0. The molecule has 5 nitrogen and oxygen atoms in total. The van der Waals surface area contributed by atoms with E-state index in [2.05, 4.69) is 118 Å². The fourth-order valence-corrected chi connectivity index (χ4v) is 8.64. The predicted octanol–water partition coefficient (Wildman–Crippen LogP) is 11.2. The number of nitrogens with zero attached hydrogens (tertiary/aromatic N) is 4. The van der Waals surface area contributed by atoms with E-state index in [4.69, 9.17) is 14.4 Å². The van der Waals surface area contributed by atoms with Crippen molar-refractivity contribution in [1.29, 1.82) is 0 Å². The van der Waals surface area contributed by atoms with Crippen LogP contribution in [0.4, 0.5) is 0 Å². The Hall–Kier alpha value is -6.11. The molecule has 0 aliphatic carbocycles. The second-order valence-corrected chi connectivity index (χ2v) is 13.2. The molecular weight excluding hydrogens is 609 g/mol. The van der Waals surface area contributed by atoms with Gasteiger partial charge in [0.25, 0.3) is 0 Å². The minimum Gasteiger partial charge on any atom is -0.452 e. The number of aromatic nitrogens is 4. The van der Waals surface area contributed by atoms with Crippen molar-refractivity contribution in [2.75, 3.05) is 0 Å². The first kappa shape index (κ1) is 26.0. The first-order chi connectivity index (χ1) is 23.8. The van der Waals surface area contributed by atoms with Gasteiger partial charge in [0.1, 0.15) is 22.4 Å². The summed E-state index contributed by atoms with van der Waals surface area (Å²) in [4.78, 5) is 13.1. The van der Waals surface area contributed by atoms with Crippen LogP contribution >= 0.6 is 11.8 Å². The zero-order valence-corrected chi connectivity index (χ0v) is 26.3. The number of benzene rings is 6. The summed E-state index contributed by atoms with van der Waals surface area (Å²) in [6.45, 7) is 0. The van der Waals surface area contributed by atoms with Crippen molar-refractivity contribution in [2.45, 2.75) is 9.79 Å². The van der Waals surface area contributed by atoms with Crippen LogP contribution in [0.2, 0.25) is 0 Å². The molecule has 11 rings (SSSR count). The van der Waals surface area contributed by atoms with Gasteiger partial charge in [0.2, 0.25) is 0 Å². The van der Waals surface area contributed by atoms with Crippen LogP contribution in [0.25, 0.3) is 88.9 Å². The zero-order chi connectivity index (χ0) is 31.3. The molecule has 224 valence electrons. The minimum absolute atomic E-state index is 0.673. The average Bonchev–Trinajstić information content (AvgIpc) is 3.81. The van der Waals surface area contributed by atoms with Crippen LogP contribution in [-0.4, -0.2) is 19.1 Å². The van der Waals surface area contributed by atoms with Gasteiger partial charge in [-0.25, -0.2) is 9.97 Å². The maximum atomic E-state index is 6.44. The van der Waals surface area contributed by atoms with E-state index in [1.54, 1.807) is 0 Å². The number of fused-ring (bicyclic) bond motifs is 10. The Balaban J connectivity index is 1.34. The van der Waals surface area contributed by atoms with Crippen molar-refractivity contribution >= 4 is 66.7 Å². The van der Waals surface area contributed by atoms with Crippen molar-refractivity contribution < 1.29 is 4.42 Å². The van der Waals surface area contributed by atoms with Gasteiger partial charge in [-0.1, -0.05) is 109 Å². The maximum absolute atomic E-state index is 6.44. The molecule has 5 heterocycles. The van der Waals surface area contributed by atoms with Gasteiger partial charge in [0.15, 0.2) is 11.4 Å². The fraction of sp³-hybridized carbons (Fsp3) is 0. The van der Waals surface area contributed by atoms with Crippen molar-refractivity contribution in [3.8, 4) is 34.0 Å². The smallest absolute Gasteiger partial charge is 0.180 e. The van der Waals surface area contributed by atoms with Crippen LogP contribution in [0.15, 0.2) is 160 Å². The monoisotopic (exact) mass is 632 g/mol. The molecule has 0 radical (unpaired) electrons. The Morgan fingerprint density at radius 3 is 2.19 bits per heavy atom. The maximum Gasteiger partial charge on any atom is 0.180 e. The highest BCUT2D eigenvalue weighted by molar-refractivity contribution is 7.99. The molecule has 0 atom stereocenters. The third kappa shape index (κ3) is 3.47. The van der Waals surface area contributed by atoms with Crippen molar-refractivity contribution in [1.82, 2.24) is 19.1 Å². The highest BCUT2D eigenvalue weighted by Gasteiger charge is 2.29. The van der Waals surface area contributed by atoms with Crippen molar-refractivity contribution in [3.63, 3.8) is 0 Å². The fourth-order valence-electron chi connectivity index (χ4n) is 7.55. The molecule has 4 aromatic heterocycles. The second-order valence-electron chi connectivity index (χ2n) is 12.2. The summed E-state index contributed by atoms with van der Waals surface area (Å²) in [5, 5.41) is 4.52. The van der Waals surface area contributed by atoms with E-state index in [9.17, 15) is 0 Å². The number of hydrogen-bond donors (Lipinski definition) is 0. The third-order valence-corrected chi connectivity index (χ3v) is 10.6. The molecule has 0 unspecified atom stereocenters. The first-order valence-corrected chi connectivity index (χ1v) is 16.8.